The van der Waals surface area contributed by atoms with Gasteiger partial charge in [0, 0.05) is 44.0 Å². The van der Waals surface area contributed by atoms with Gasteiger partial charge < -0.3 is 20.1 Å². The highest BCUT2D eigenvalue weighted by molar-refractivity contribution is 6.30. The number of piperazine rings is 1. The molecular weight excluding hydrogens is 340 g/mol. The molecule has 1 saturated heterocycles. The number of anilines is 2. The van der Waals surface area contributed by atoms with Gasteiger partial charge >= 0.3 is 0 Å². The van der Waals surface area contributed by atoms with E-state index in [0.29, 0.717) is 17.6 Å². The Morgan fingerprint density at radius 2 is 2.04 bits per heavy atom. The Kier molecular flexibility index (Phi) is 4.37. The molecule has 0 bridgehead atoms. The van der Waals surface area contributed by atoms with E-state index in [1.165, 1.54) is 0 Å². The molecule has 0 saturated carbocycles. The summed E-state index contributed by atoms with van der Waals surface area (Å²) in [5, 5.41) is 4.61. The number of pyridine rings is 1. The van der Waals surface area contributed by atoms with Crippen molar-refractivity contribution in [3.8, 4) is 0 Å². The molecule has 0 unspecified atom stereocenters. The van der Waals surface area contributed by atoms with Gasteiger partial charge in [-0.3, -0.25) is 0 Å². The number of hydrogen-bond donors (Lipinski definition) is 2. The highest BCUT2D eigenvalue weighted by Crippen LogP contribution is 2.26. The van der Waals surface area contributed by atoms with E-state index in [9.17, 15) is 0 Å². The van der Waals surface area contributed by atoms with Crippen molar-refractivity contribution < 1.29 is 0 Å². The molecule has 3 aromatic heterocycles. The van der Waals surface area contributed by atoms with Crippen molar-refractivity contribution in [1.29, 1.82) is 0 Å². The molecule has 3 aromatic rings. The lowest BCUT2D eigenvalue weighted by atomic mass is 10.3. The standard InChI is InChI=1S/C16H19ClN8/c1-24-4-6-25(7-5-24)16-22-12-9-20-13(17)8-11(12)15(23-16)21-10-14-18-2-3-19-14/h2-3,8-9H,4-7,10H2,1H3,(H,18,19)(H,21,22,23). The molecule has 1 fully saturated rings. The molecule has 8 nitrogen and oxygen atoms in total. The maximum Gasteiger partial charge on any atom is 0.228 e. The summed E-state index contributed by atoms with van der Waals surface area (Å²) in [6.45, 7) is 4.34. The second-order valence-corrected chi connectivity index (χ2v) is 6.46. The first kappa shape index (κ1) is 16.0. The molecule has 0 atom stereocenters. The fraction of sp³-hybridized carbons (Fsp3) is 0.375. The molecule has 2 N–H and O–H groups in total. The molecule has 4 rings (SSSR count). The van der Waals surface area contributed by atoms with E-state index in [0.717, 1.165) is 48.7 Å². The number of H-pyrrole nitrogens is 1. The Morgan fingerprint density at radius 3 is 2.80 bits per heavy atom. The van der Waals surface area contributed by atoms with Gasteiger partial charge in [0.1, 0.15) is 16.8 Å². The lowest BCUT2D eigenvalue weighted by Crippen LogP contribution is -2.45. The average molecular weight is 359 g/mol. The van der Waals surface area contributed by atoms with Gasteiger partial charge in [0.15, 0.2) is 0 Å². The van der Waals surface area contributed by atoms with Gasteiger partial charge in [0.25, 0.3) is 0 Å². The number of fused-ring (bicyclic) bond motifs is 1. The first-order chi connectivity index (χ1) is 12.2. The number of hydrogen-bond acceptors (Lipinski definition) is 7. The Bertz CT molecular complexity index is 858. The second-order valence-electron chi connectivity index (χ2n) is 6.08. The predicted octanol–water partition coefficient (Wildman–Crippen LogP) is 1.77. The Balaban J connectivity index is 1.68. The maximum absolute atomic E-state index is 6.07. The summed E-state index contributed by atoms with van der Waals surface area (Å²) in [6, 6.07) is 1.79. The number of imidazole rings is 1. The van der Waals surface area contributed by atoms with Crippen molar-refractivity contribution in [2.24, 2.45) is 0 Å². The van der Waals surface area contributed by atoms with Crippen LogP contribution in [0.3, 0.4) is 0 Å². The molecule has 0 aliphatic carbocycles. The highest BCUT2D eigenvalue weighted by atomic mass is 35.5. The van der Waals surface area contributed by atoms with Crippen LogP contribution in [-0.4, -0.2) is 63.0 Å². The van der Waals surface area contributed by atoms with Crippen LogP contribution in [0.4, 0.5) is 11.8 Å². The van der Waals surface area contributed by atoms with Crippen LogP contribution in [0.1, 0.15) is 5.82 Å². The third-order valence-electron chi connectivity index (χ3n) is 4.30. The van der Waals surface area contributed by atoms with E-state index in [2.05, 4.69) is 42.1 Å². The fourth-order valence-corrected chi connectivity index (χ4v) is 3.00. The van der Waals surface area contributed by atoms with E-state index in [-0.39, 0.29) is 0 Å². The zero-order chi connectivity index (χ0) is 17.2. The monoisotopic (exact) mass is 358 g/mol. The van der Waals surface area contributed by atoms with Crippen LogP contribution in [0, 0.1) is 0 Å². The minimum atomic E-state index is 0.421. The third kappa shape index (κ3) is 3.49. The highest BCUT2D eigenvalue weighted by Gasteiger charge is 2.19. The topological polar surface area (TPSA) is 85.9 Å². The molecule has 9 heteroatoms. The number of halogens is 1. The van der Waals surface area contributed by atoms with Crippen LogP contribution >= 0.6 is 11.6 Å². The van der Waals surface area contributed by atoms with Gasteiger partial charge in [-0.1, -0.05) is 11.6 Å². The number of likely N-dealkylation sites (N-methyl/N-ethyl adjacent to an activating group) is 1. The summed E-state index contributed by atoms with van der Waals surface area (Å²) in [5.74, 6) is 2.29. The first-order valence-electron chi connectivity index (χ1n) is 8.18. The molecule has 25 heavy (non-hydrogen) atoms. The van der Waals surface area contributed by atoms with Crippen LogP contribution in [0.15, 0.2) is 24.7 Å². The summed E-state index contributed by atoms with van der Waals surface area (Å²) in [4.78, 5) is 25.4. The first-order valence-corrected chi connectivity index (χ1v) is 8.56. The quantitative estimate of drug-likeness (QED) is 0.687. The van der Waals surface area contributed by atoms with Crippen LogP contribution in [0.2, 0.25) is 5.15 Å². The zero-order valence-electron chi connectivity index (χ0n) is 13.9. The number of aromatic amines is 1. The number of nitrogens with zero attached hydrogens (tertiary/aromatic N) is 6. The van der Waals surface area contributed by atoms with Crippen molar-refractivity contribution in [3.05, 3.63) is 35.6 Å². The molecule has 1 aliphatic rings. The maximum atomic E-state index is 6.07. The van der Waals surface area contributed by atoms with E-state index >= 15 is 0 Å². The third-order valence-corrected chi connectivity index (χ3v) is 4.51. The molecule has 0 aromatic carbocycles. The van der Waals surface area contributed by atoms with Crippen LogP contribution in [0.25, 0.3) is 10.9 Å². The van der Waals surface area contributed by atoms with Crippen LogP contribution in [-0.2, 0) is 6.54 Å². The summed E-state index contributed by atoms with van der Waals surface area (Å²) in [6.07, 6.45) is 5.22. The molecule has 4 heterocycles. The zero-order valence-corrected chi connectivity index (χ0v) is 14.7. The summed E-state index contributed by atoms with van der Waals surface area (Å²) >= 11 is 6.07. The predicted molar refractivity (Wildman–Crippen MR) is 98.0 cm³/mol. The number of nitrogens with one attached hydrogen (secondary N) is 2. The van der Waals surface area contributed by atoms with E-state index in [1.807, 2.05) is 0 Å². The number of aromatic nitrogens is 5. The smallest absolute Gasteiger partial charge is 0.228 e. The summed E-state index contributed by atoms with van der Waals surface area (Å²) in [7, 11) is 2.13. The van der Waals surface area contributed by atoms with Gasteiger partial charge in [0.2, 0.25) is 5.95 Å². The molecule has 130 valence electrons. The van der Waals surface area contributed by atoms with Crippen molar-refractivity contribution >= 4 is 34.3 Å². The van der Waals surface area contributed by atoms with Gasteiger partial charge in [-0.15, -0.1) is 0 Å². The lowest BCUT2D eigenvalue weighted by Gasteiger charge is -2.32. The van der Waals surface area contributed by atoms with Gasteiger partial charge in [0.05, 0.1) is 18.3 Å². The molecule has 0 radical (unpaired) electrons. The second kappa shape index (κ2) is 6.81. The van der Waals surface area contributed by atoms with E-state index in [4.69, 9.17) is 16.6 Å². The SMILES string of the molecule is CN1CCN(c2nc(NCc3ncc[nH]3)c3cc(Cl)ncc3n2)CC1. The number of rotatable bonds is 4. The van der Waals surface area contributed by atoms with Gasteiger partial charge in [-0.25, -0.2) is 15.0 Å². The van der Waals surface area contributed by atoms with Gasteiger partial charge in [-0.2, -0.15) is 4.98 Å². The fourth-order valence-electron chi connectivity index (χ4n) is 2.84. The Morgan fingerprint density at radius 1 is 1.20 bits per heavy atom. The van der Waals surface area contributed by atoms with E-state index in [1.54, 1.807) is 24.7 Å². The van der Waals surface area contributed by atoms with Crippen molar-refractivity contribution in [2.75, 3.05) is 43.4 Å². The van der Waals surface area contributed by atoms with Crippen molar-refractivity contribution in [2.45, 2.75) is 6.54 Å². The molecule has 1 aliphatic heterocycles. The van der Waals surface area contributed by atoms with Crippen LogP contribution in [0.5, 0.6) is 0 Å². The van der Waals surface area contributed by atoms with Gasteiger partial charge in [-0.05, 0) is 13.1 Å². The summed E-state index contributed by atoms with van der Waals surface area (Å²) in [5.41, 5.74) is 0.773. The van der Waals surface area contributed by atoms with Crippen LogP contribution < -0.4 is 10.2 Å². The van der Waals surface area contributed by atoms with Crippen molar-refractivity contribution in [1.82, 2.24) is 29.8 Å². The minimum Gasteiger partial charge on any atom is -0.362 e. The Hall–Kier alpha value is -2.45. The summed E-state index contributed by atoms with van der Waals surface area (Å²) < 4.78 is 0. The Labute approximate surface area is 150 Å². The average Bonchev–Trinajstić information content (AvgIpc) is 3.14. The molecular formula is C16H19ClN8. The van der Waals surface area contributed by atoms with Crippen molar-refractivity contribution in [3.63, 3.8) is 0 Å². The largest absolute Gasteiger partial charge is 0.362 e. The molecule has 0 spiro atoms. The normalized spacial score (nSPS) is 15.7. The lowest BCUT2D eigenvalue weighted by molar-refractivity contribution is 0.311. The van der Waals surface area contributed by atoms with E-state index < -0.39 is 0 Å². The minimum absolute atomic E-state index is 0.421. The molecule has 0 amide bonds.